The van der Waals surface area contributed by atoms with Crippen molar-refractivity contribution in [3.05, 3.63) is 89.2 Å². The van der Waals surface area contributed by atoms with Gasteiger partial charge >= 0.3 is 0 Å². The van der Waals surface area contributed by atoms with Gasteiger partial charge in [0.05, 0.1) is 17.7 Å². The van der Waals surface area contributed by atoms with Gasteiger partial charge in [0.2, 0.25) is 11.8 Å². The smallest absolute Gasteiger partial charge is 0.264 e. The minimum atomic E-state index is -4.28. The van der Waals surface area contributed by atoms with Crippen LogP contribution in [0.5, 0.6) is 5.75 Å². The van der Waals surface area contributed by atoms with Gasteiger partial charge in [0.25, 0.3) is 10.0 Å². The summed E-state index contributed by atoms with van der Waals surface area (Å²) in [5, 5.41) is 3.01. The molecule has 0 unspecified atom stereocenters. The highest BCUT2D eigenvalue weighted by Gasteiger charge is 2.34. The van der Waals surface area contributed by atoms with Gasteiger partial charge in [0.15, 0.2) is 0 Å². The molecular weight excluding hydrogens is 545 g/mol. The lowest BCUT2D eigenvalue weighted by Crippen LogP contribution is -2.52. The van der Waals surface area contributed by atoms with E-state index in [0.717, 1.165) is 4.31 Å². The molecule has 0 aliphatic rings. The number of hydrogen-bond donors (Lipinski definition) is 1. The summed E-state index contributed by atoms with van der Waals surface area (Å²) in [6, 6.07) is 16.4. The molecule has 3 rings (SSSR count). The second-order valence-electron chi connectivity index (χ2n) is 9.13. The highest BCUT2D eigenvalue weighted by atomic mass is 35.5. The van der Waals surface area contributed by atoms with E-state index in [1.807, 2.05) is 0 Å². The number of nitrogens with one attached hydrogen (secondary N) is 1. The Balaban J connectivity index is 2.08. The van der Waals surface area contributed by atoms with Gasteiger partial charge in [-0.15, -0.1) is 0 Å². The molecule has 0 saturated carbocycles. The van der Waals surface area contributed by atoms with E-state index in [4.69, 9.17) is 16.3 Å². The molecule has 39 heavy (non-hydrogen) atoms. The number of anilines is 1. The average molecular weight is 576 g/mol. The lowest BCUT2D eigenvalue weighted by atomic mass is 10.1. The Kier molecular flexibility index (Phi) is 9.93. The monoisotopic (exact) mass is 575 g/mol. The molecule has 3 aromatic carbocycles. The summed E-state index contributed by atoms with van der Waals surface area (Å²) in [6.07, 6.45) is 0. The predicted molar refractivity (Wildman–Crippen MR) is 149 cm³/mol. The van der Waals surface area contributed by atoms with Gasteiger partial charge in [-0.1, -0.05) is 41.9 Å². The summed E-state index contributed by atoms with van der Waals surface area (Å²) in [4.78, 5) is 28.0. The van der Waals surface area contributed by atoms with E-state index in [9.17, 15) is 22.4 Å². The zero-order chi connectivity index (χ0) is 28.7. The summed E-state index contributed by atoms with van der Waals surface area (Å²) in [5.74, 6) is -1.34. The highest BCUT2D eigenvalue weighted by Crippen LogP contribution is 2.35. The normalized spacial score (nSPS) is 12.1. The van der Waals surface area contributed by atoms with Crippen molar-refractivity contribution in [1.82, 2.24) is 10.2 Å². The molecule has 3 aromatic rings. The molecule has 0 heterocycles. The van der Waals surface area contributed by atoms with Gasteiger partial charge in [-0.25, -0.2) is 12.8 Å². The molecule has 0 aliphatic carbocycles. The van der Waals surface area contributed by atoms with E-state index in [0.29, 0.717) is 5.56 Å². The van der Waals surface area contributed by atoms with Crippen molar-refractivity contribution in [2.45, 2.75) is 44.3 Å². The first kappa shape index (κ1) is 29.9. The third kappa shape index (κ3) is 7.48. The Hall–Kier alpha value is -3.63. The fourth-order valence-corrected chi connectivity index (χ4v) is 5.47. The highest BCUT2D eigenvalue weighted by molar-refractivity contribution is 7.92. The second-order valence-corrected chi connectivity index (χ2v) is 11.4. The Bertz CT molecular complexity index is 1400. The number of amides is 2. The van der Waals surface area contributed by atoms with Gasteiger partial charge < -0.3 is 15.0 Å². The van der Waals surface area contributed by atoms with E-state index >= 15 is 0 Å². The molecule has 0 saturated heterocycles. The number of nitrogens with zero attached hydrogens (tertiary/aromatic N) is 2. The molecule has 0 fully saturated rings. The van der Waals surface area contributed by atoms with Crippen LogP contribution in [0.3, 0.4) is 0 Å². The Morgan fingerprint density at radius 2 is 1.64 bits per heavy atom. The Morgan fingerprint density at radius 3 is 2.23 bits per heavy atom. The lowest BCUT2D eigenvalue weighted by Gasteiger charge is -2.32. The molecule has 2 amide bonds. The topological polar surface area (TPSA) is 96.0 Å². The molecule has 1 N–H and O–H groups in total. The molecular formula is C28H31ClFN3O5S. The summed E-state index contributed by atoms with van der Waals surface area (Å²) in [6.45, 7) is 4.41. The number of carbonyl (C=O) groups excluding carboxylic acids is 2. The maximum atomic E-state index is 13.9. The van der Waals surface area contributed by atoms with E-state index in [-0.39, 0.29) is 33.9 Å². The van der Waals surface area contributed by atoms with Gasteiger partial charge in [0, 0.05) is 17.6 Å². The standard InChI is InChI=1S/C28H31ClFN3O5S/c1-19(2)31-28(35)20(3)32(17-21-10-13-23(30)14-11-21)27(34)18-33(25-16-22(29)12-15-26(25)38-4)39(36,37)24-8-6-5-7-9-24/h5-16,19-20H,17-18H2,1-4H3,(H,31,35)/t20-/m1/s1. The van der Waals surface area contributed by atoms with E-state index in [2.05, 4.69) is 5.32 Å². The van der Waals surface area contributed by atoms with Gasteiger partial charge in [-0.2, -0.15) is 0 Å². The van der Waals surface area contributed by atoms with Crippen LogP contribution in [-0.4, -0.2) is 50.9 Å². The molecule has 0 bridgehead atoms. The second kappa shape index (κ2) is 12.9. The first-order valence-electron chi connectivity index (χ1n) is 12.2. The molecule has 11 heteroatoms. The molecule has 8 nitrogen and oxygen atoms in total. The van der Waals surface area contributed by atoms with Crippen molar-refractivity contribution in [1.29, 1.82) is 0 Å². The van der Waals surface area contributed by atoms with Crippen LogP contribution in [-0.2, 0) is 26.2 Å². The maximum Gasteiger partial charge on any atom is 0.264 e. The number of benzene rings is 3. The number of ether oxygens (including phenoxy) is 1. The van der Waals surface area contributed by atoms with Crippen molar-refractivity contribution in [3.8, 4) is 5.75 Å². The first-order chi connectivity index (χ1) is 18.4. The quantitative estimate of drug-likeness (QED) is 0.360. The maximum absolute atomic E-state index is 13.9. The van der Waals surface area contributed by atoms with Crippen LogP contribution in [0.25, 0.3) is 0 Å². The van der Waals surface area contributed by atoms with Crippen molar-refractivity contribution >= 4 is 39.1 Å². The van der Waals surface area contributed by atoms with Crippen LogP contribution in [0.15, 0.2) is 77.7 Å². The number of carbonyl (C=O) groups is 2. The van der Waals surface area contributed by atoms with Crippen molar-refractivity contribution in [2.75, 3.05) is 18.0 Å². The summed E-state index contributed by atoms with van der Waals surface area (Å²) in [5.41, 5.74) is 0.620. The summed E-state index contributed by atoms with van der Waals surface area (Å²) < 4.78 is 47.5. The largest absolute Gasteiger partial charge is 0.495 e. The average Bonchev–Trinajstić information content (AvgIpc) is 2.90. The van der Waals surface area contributed by atoms with E-state index < -0.39 is 40.2 Å². The number of sulfonamides is 1. The van der Waals surface area contributed by atoms with Crippen LogP contribution in [0, 0.1) is 5.82 Å². The van der Waals surface area contributed by atoms with Crippen molar-refractivity contribution < 1.29 is 27.1 Å². The molecule has 1 atom stereocenters. The molecule has 0 radical (unpaired) electrons. The van der Waals surface area contributed by atoms with Crippen LogP contribution in [0.1, 0.15) is 26.3 Å². The van der Waals surface area contributed by atoms with E-state index in [1.165, 1.54) is 66.6 Å². The Morgan fingerprint density at radius 1 is 1.00 bits per heavy atom. The lowest BCUT2D eigenvalue weighted by molar-refractivity contribution is -0.139. The number of halogens is 2. The van der Waals surface area contributed by atoms with Gasteiger partial charge in [0.1, 0.15) is 24.2 Å². The van der Waals surface area contributed by atoms with E-state index in [1.54, 1.807) is 39.0 Å². The minimum absolute atomic E-state index is 0.0458. The van der Waals surface area contributed by atoms with Crippen molar-refractivity contribution in [3.63, 3.8) is 0 Å². The molecule has 0 aliphatic heterocycles. The minimum Gasteiger partial charge on any atom is -0.495 e. The zero-order valence-corrected chi connectivity index (χ0v) is 23.7. The number of rotatable bonds is 11. The Labute approximate surface area is 233 Å². The molecule has 0 aromatic heterocycles. The predicted octanol–water partition coefficient (Wildman–Crippen LogP) is 4.62. The first-order valence-corrected chi connectivity index (χ1v) is 14.0. The summed E-state index contributed by atoms with van der Waals surface area (Å²) in [7, 11) is -2.90. The van der Waals surface area contributed by atoms with Crippen LogP contribution >= 0.6 is 11.6 Å². The zero-order valence-electron chi connectivity index (χ0n) is 22.1. The number of hydrogen-bond acceptors (Lipinski definition) is 5. The fourth-order valence-electron chi connectivity index (χ4n) is 3.87. The summed E-state index contributed by atoms with van der Waals surface area (Å²) >= 11 is 6.22. The number of methoxy groups -OCH3 is 1. The van der Waals surface area contributed by atoms with Crippen molar-refractivity contribution in [2.24, 2.45) is 0 Å². The van der Waals surface area contributed by atoms with Crippen LogP contribution in [0.2, 0.25) is 5.02 Å². The molecule has 208 valence electrons. The SMILES string of the molecule is COc1ccc(Cl)cc1N(CC(=O)N(Cc1ccc(F)cc1)[C@H](C)C(=O)NC(C)C)S(=O)(=O)c1ccccc1. The molecule has 0 spiro atoms. The third-order valence-corrected chi connectivity index (χ3v) is 7.89. The van der Waals surface area contributed by atoms with Gasteiger partial charge in [-0.3, -0.25) is 13.9 Å². The third-order valence-electron chi connectivity index (χ3n) is 5.88. The van der Waals surface area contributed by atoms with Gasteiger partial charge in [-0.05, 0) is 68.8 Å². The van der Waals surface area contributed by atoms with Crippen LogP contribution in [0.4, 0.5) is 10.1 Å². The van der Waals surface area contributed by atoms with Crippen LogP contribution < -0.4 is 14.4 Å². The fraction of sp³-hybridized carbons (Fsp3) is 0.286.